The molecule has 0 aromatic heterocycles. The smallest absolute Gasteiger partial charge is 0.306 e. The zero-order valence-corrected chi connectivity index (χ0v) is 31.6. The van der Waals surface area contributed by atoms with Crippen molar-refractivity contribution in [1.29, 1.82) is 0 Å². The summed E-state index contributed by atoms with van der Waals surface area (Å²) >= 11 is 0. The van der Waals surface area contributed by atoms with Crippen molar-refractivity contribution in [1.82, 2.24) is 0 Å². The normalized spacial score (nSPS) is 12.4. The van der Waals surface area contributed by atoms with Gasteiger partial charge in [0.1, 0.15) is 6.10 Å². The highest BCUT2D eigenvalue weighted by Gasteiger charge is 2.11. The SMILES string of the molecule is CCCCC/C=C\C/C=C\C(CCCCCCC(=O)O)OC(=O)CCCCCCCCCCCCCCCCCCCCCCCC. The first-order valence-electron chi connectivity index (χ1n) is 20.8. The largest absolute Gasteiger partial charge is 0.481 e. The summed E-state index contributed by atoms with van der Waals surface area (Å²) in [5.74, 6) is -0.799. The van der Waals surface area contributed by atoms with E-state index in [4.69, 9.17) is 9.84 Å². The fourth-order valence-electron chi connectivity index (χ4n) is 6.31. The monoisotopic (exact) mass is 661 g/mol. The van der Waals surface area contributed by atoms with Crippen LogP contribution >= 0.6 is 0 Å². The lowest BCUT2D eigenvalue weighted by Gasteiger charge is -2.14. The van der Waals surface area contributed by atoms with Gasteiger partial charge in [0.2, 0.25) is 0 Å². The van der Waals surface area contributed by atoms with Gasteiger partial charge in [-0.25, -0.2) is 0 Å². The topological polar surface area (TPSA) is 63.6 Å². The Balaban J connectivity index is 3.79. The van der Waals surface area contributed by atoms with Crippen molar-refractivity contribution < 1.29 is 19.4 Å². The molecule has 0 bridgehead atoms. The Bertz CT molecular complexity index is 713. The van der Waals surface area contributed by atoms with E-state index in [1.165, 1.54) is 148 Å². The Morgan fingerprint density at radius 1 is 0.489 bits per heavy atom. The fourth-order valence-corrected chi connectivity index (χ4v) is 6.31. The second-order valence-electron chi connectivity index (χ2n) is 14.2. The molecule has 1 atom stereocenters. The van der Waals surface area contributed by atoms with Gasteiger partial charge < -0.3 is 9.84 Å². The Labute approximate surface area is 293 Å². The molecule has 0 heterocycles. The number of allylic oxidation sites excluding steroid dienone is 3. The average molecular weight is 661 g/mol. The Morgan fingerprint density at radius 3 is 1.36 bits per heavy atom. The molecule has 0 saturated carbocycles. The number of esters is 1. The van der Waals surface area contributed by atoms with Crippen LogP contribution in [0.5, 0.6) is 0 Å². The molecule has 0 aromatic rings. The summed E-state index contributed by atoms with van der Waals surface area (Å²) in [6.07, 6.45) is 49.5. The van der Waals surface area contributed by atoms with E-state index in [9.17, 15) is 9.59 Å². The van der Waals surface area contributed by atoms with Crippen molar-refractivity contribution in [2.75, 3.05) is 0 Å². The lowest BCUT2D eigenvalue weighted by Crippen LogP contribution is -2.16. The summed E-state index contributed by atoms with van der Waals surface area (Å²) in [6.45, 7) is 4.52. The third-order valence-electron chi connectivity index (χ3n) is 9.41. The van der Waals surface area contributed by atoms with Gasteiger partial charge in [0.05, 0.1) is 0 Å². The Hall–Kier alpha value is -1.58. The van der Waals surface area contributed by atoms with Crippen molar-refractivity contribution in [3.63, 3.8) is 0 Å². The van der Waals surface area contributed by atoms with Crippen molar-refractivity contribution >= 4 is 11.9 Å². The third kappa shape index (κ3) is 38.7. The molecule has 0 aliphatic heterocycles. The van der Waals surface area contributed by atoms with E-state index in [-0.39, 0.29) is 18.5 Å². The van der Waals surface area contributed by atoms with E-state index in [0.29, 0.717) is 6.42 Å². The van der Waals surface area contributed by atoms with Crippen molar-refractivity contribution in [2.24, 2.45) is 0 Å². The van der Waals surface area contributed by atoms with Crippen LogP contribution in [0.3, 0.4) is 0 Å². The van der Waals surface area contributed by atoms with Gasteiger partial charge in [-0.05, 0) is 51.0 Å². The summed E-state index contributed by atoms with van der Waals surface area (Å²) in [5, 5.41) is 8.82. The molecule has 1 unspecified atom stereocenters. The number of unbranched alkanes of at least 4 members (excludes halogenated alkanes) is 27. The fraction of sp³-hybridized carbons (Fsp3) is 0.860. The molecule has 1 N–H and O–H groups in total. The van der Waals surface area contributed by atoms with E-state index in [1.54, 1.807) is 0 Å². The summed E-state index contributed by atoms with van der Waals surface area (Å²) in [5.41, 5.74) is 0. The second-order valence-corrected chi connectivity index (χ2v) is 14.2. The molecule has 0 fully saturated rings. The van der Waals surface area contributed by atoms with Crippen LogP contribution in [-0.2, 0) is 14.3 Å². The van der Waals surface area contributed by atoms with Crippen LogP contribution in [0.15, 0.2) is 24.3 Å². The van der Waals surface area contributed by atoms with Crippen LogP contribution in [-0.4, -0.2) is 23.1 Å². The number of carbonyl (C=O) groups excluding carboxylic acids is 1. The standard InChI is InChI=1S/C43H80O4/c1-3-5-7-9-11-13-14-15-16-17-18-19-20-21-22-23-24-25-26-28-30-36-40-43(46)47-41(38-34-31-32-35-39-42(44)45)37-33-29-27-12-10-8-6-4-2/h12,27,33,37,41H,3-11,13-26,28-32,34-36,38-40H2,1-2H3,(H,44,45)/b27-12-,37-33-. The minimum Gasteiger partial charge on any atom is -0.481 e. The summed E-state index contributed by atoms with van der Waals surface area (Å²) in [7, 11) is 0. The first-order valence-corrected chi connectivity index (χ1v) is 20.8. The van der Waals surface area contributed by atoms with Gasteiger partial charge in [-0.2, -0.15) is 0 Å². The van der Waals surface area contributed by atoms with Crippen LogP contribution < -0.4 is 0 Å². The van der Waals surface area contributed by atoms with E-state index in [1.807, 2.05) is 0 Å². The first-order chi connectivity index (χ1) is 23.1. The first kappa shape index (κ1) is 45.4. The lowest BCUT2D eigenvalue weighted by atomic mass is 10.0. The molecule has 0 spiro atoms. The molecule has 4 heteroatoms. The van der Waals surface area contributed by atoms with Gasteiger partial charge in [-0.3, -0.25) is 9.59 Å². The number of hydrogen-bond donors (Lipinski definition) is 1. The highest BCUT2D eigenvalue weighted by molar-refractivity contribution is 5.69. The van der Waals surface area contributed by atoms with Crippen LogP contribution in [0.1, 0.15) is 232 Å². The predicted molar refractivity (Wildman–Crippen MR) is 204 cm³/mol. The zero-order valence-electron chi connectivity index (χ0n) is 31.6. The molecule has 0 saturated heterocycles. The maximum absolute atomic E-state index is 12.6. The number of aliphatic carboxylic acids is 1. The number of carboxylic acid groups (broad SMARTS) is 1. The van der Waals surface area contributed by atoms with Crippen molar-refractivity contribution in [3.05, 3.63) is 24.3 Å². The quantitative estimate of drug-likeness (QED) is 0.0407. The van der Waals surface area contributed by atoms with Crippen LogP contribution in [0.4, 0.5) is 0 Å². The van der Waals surface area contributed by atoms with Crippen molar-refractivity contribution in [2.45, 2.75) is 238 Å². The Morgan fingerprint density at radius 2 is 0.894 bits per heavy atom. The summed E-state index contributed by atoms with van der Waals surface area (Å²) < 4.78 is 5.86. The van der Waals surface area contributed by atoms with E-state index < -0.39 is 5.97 Å². The number of carbonyl (C=O) groups is 2. The molecule has 0 aromatic carbocycles. The van der Waals surface area contributed by atoms with Gasteiger partial charge >= 0.3 is 11.9 Å². The van der Waals surface area contributed by atoms with Gasteiger partial charge in [-0.15, -0.1) is 0 Å². The molecule has 0 radical (unpaired) electrons. The van der Waals surface area contributed by atoms with Crippen LogP contribution in [0, 0.1) is 0 Å². The van der Waals surface area contributed by atoms with Crippen molar-refractivity contribution in [3.8, 4) is 0 Å². The maximum atomic E-state index is 12.6. The van der Waals surface area contributed by atoms with Crippen LogP contribution in [0.2, 0.25) is 0 Å². The molecule has 4 nitrogen and oxygen atoms in total. The molecule has 0 amide bonds. The van der Waals surface area contributed by atoms with Gasteiger partial charge in [0, 0.05) is 12.8 Å². The lowest BCUT2D eigenvalue weighted by molar-refractivity contribution is -0.147. The summed E-state index contributed by atoms with van der Waals surface area (Å²) in [6, 6.07) is 0. The molecular formula is C43H80O4. The number of hydrogen-bond acceptors (Lipinski definition) is 3. The molecular weight excluding hydrogens is 580 g/mol. The number of carboxylic acids is 1. The van der Waals surface area contributed by atoms with Gasteiger partial charge in [-0.1, -0.05) is 193 Å². The Kier molecular flexibility index (Phi) is 37.6. The van der Waals surface area contributed by atoms with E-state index >= 15 is 0 Å². The highest BCUT2D eigenvalue weighted by atomic mass is 16.5. The third-order valence-corrected chi connectivity index (χ3v) is 9.41. The average Bonchev–Trinajstić information content (AvgIpc) is 3.05. The maximum Gasteiger partial charge on any atom is 0.306 e. The molecule has 47 heavy (non-hydrogen) atoms. The number of rotatable bonds is 38. The highest BCUT2D eigenvalue weighted by Crippen LogP contribution is 2.17. The molecule has 0 aliphatic rings. The minimum absolute atomic E-state index is 0.0752. The minimum atomic E-state index is -0.724. The van der Waals surface area contributed by atoms with Gasteiger partial charge in [0.25, 0.3) is 0 Å². The number of ether oxygens (including phenoxy) is 1. The second kappa shape index (κ2) is 38.9. The molecule has 0 rings (SSSR count). The van der Waals surface area contributed by atoms with Gasteiger partial charge in [0.15, 0.2) is 0 Å². The predicted octanol–water partition coefficient (Wildman–Crippen LogP) is 14.4. The molecule has 276 valence electrons. The zero-order chi connectivity index (χ0) is 34.3. The van der Waals surface area contributed by atoms with E-state index in [0.717, 1.165) is 57.8 Å². The van der Waals surface area contributed by atoms with E-state index in [2.05, 4.69) is 38.2 Å². The van der Waals surface area contributed by atoms with Crippen LogP contribution in [0.25, 0.3) is 0 Å². The summed E-state index contributed by atoms with van der Waals surface area (Å²) in [4.78, 5) is 23.3. The molecule has 0 aliphatic carbocycles.